The van der Waals surface area contributed by atoms with Crippen LogP contribution in [-0.2, 0) is 0 Å². The molecular weight excluding hydrogens is 249 g/mol. The van der Waals surface area contributed by atoms with Crippen LogP contribution < -0.4 is 4.74 Å². The Balaban J connectivity index is 2.15. The molecule has 0 saturated heterocycles. The van der Waals surface area contributed by atoms with Crippen molar-refractivity contribution in [3.63, 3.8) is 0 Å². The van der Waals surface area contributed by atoms with Crippen molar-refractivity contribution in [1.82, 2.24) is 0 Å². The lowest BCUT2D eigenvalue weighted by molar-refractivity contribution is -0.385. The minimum atomic E-state index is -0.450. The summed E-state index contributed by atoms with van der Waals surface area (Å²) in [5, 5.41) is 10.7. The second-order valence-corrected chi connectivity index (χ2v) is 4.07. The third-order valence-electron chi connectivity index (χ3n) is 2.68. The molecule has 19 heavy (non-hydrogen) atoms. The quantitative estimate of drug-likeness (QED) is 0.620. The van der Waals surface area contributed by atoms with Gasteiger partial charge in [0.05, 0.1) is 4.92 Å². The molecule has 0 fully saturated rings. The Bertz CT molecular complexity index is 583. The van der Waals surface area contributed by atoms with Gasteiger partial charge in [0.25, 0.3) is 5.69 Å². The summed E-state index contributed by atoms with van der Waals surface area (Å²) >= 11 is 0. The van der Waals surface area contributed by atoms with Crippen molar-refractivity contribution in [3.8, 4) is 5.75 Å². The fraction of sp³-hybridized carbons (Fsp3) is 0.143. The van der Waals surface area contributed by atoms with Gasteiger partial charge in [-0.2, -0.15) is 0 Å². The van der Waals surface area contributed by atoms with Crippen LogP contribution in [0, 0.1) is 15.9 Å². The SMILES string of the molecule is CC(Oc1ccc(F)cc1)c1cccc([N+](=O)[O-])c1. The van der Waals surface area contributed by atoms with Gasteiger partial charge in [-0.25, -0.2) is 4.39 Å². The Labute approximate surface area is 109 Å². The van der Waals surface area contributed by atoms with Crippen LogP contribution in [0.3, 0.4) is 0 Å². The van der Waals surface area contributed by atoms with Crippen molar-refractivity contribution in [2.45, 2.75) is 13.0 Å². The summed E-state index contributed by atoms with van der Waals surface area (Å²) < 4.78 is 18.4. The highest BCUT2D eigenvalue weighted by molar-refractivity contribution is 5.35. The molecule has 0 spiro atoms. The van der Waals surface area contributed by atoms with Crippen molar-refractivity contribution in [1.29, 1.82) is 0 Å². The molecule has 0 radical (unpaired) electrons. The van der Waals surface area contributed by atoms with Gasteiger partial charge in [-0.15, -0.1) is 0 Å². The molecule has 0 aliphatic rings. The zero-order chi connectivity index (χ0) is 13.8. The smallest absolute Gasteiger partial charge is 0.269 e. The van der Waals surface area contributed by atoms with E-state index in [0.717, 1.165) is 0 Å². The average molecular weight is 261 g/mol. The zero-order valence-electron chi connectivity index (χ0n) is 10.2. The fourth-order valence-electron chi connectivity index (χ4n) is 1.68. The van der Waals surface area contributed by atoms with Crippen molar-refractivity contribution in [2.24, 2.45) is 0 Å². The summed E-state index contributed by atoms with van der Waals surface area (Å²) in [5.41, 5.74) is 0.714. The van der Waals surface area contributed by atoms with Crippen molar-refractivity contribution >= 4 is 5.69 Å². The highest BCUT2D eigenvalue weighted by atomic mass is 19.1. The number of benzene rings is 2. The summed E-state index contributed by atoms with van der Waals surface area (Å²) in [7, 11) is 0. The first-order valence-electron chi connectivity index (χ1n) is 5.73. The van der Waals surface area contributed by atoms with Crippen LogP contribution >= 0.6 is 0 Å². The maximum atomic E-state index is 12.8. The molecule has 0 aromatic heterocycles. The number of hydrogen-bond donors (Lipinski definition) is 0. The molecule has 4 nitrogen and oxygen atoms in total. The van der Waals surface area contributed by atoms with E-state index in [9.17, 15) is 14.5 Å². The molecule has 0 heterocycles. The van der Waals surface area contributed by atoms with E-state index < -0.39 is 4.92 Å². The molecule has 0 N–H and O–H groups in total. The number of non-ortho nitro benzene ring substituents is 1. The molecule has 0 amide bonds. The van der Waals surface area contributed by atoms with Gasteiger partial charge in [0.15, 0.2) is 0 Å². The first-order valence-corrected chi connectivity index (χ1v) is 5.73. The van der Waals surface area contributed by atoms with Crippen LogP contribution in [0.4, 0.5) is 10.1 Å². The summed E-state index contributed by atoms with van der Waals surface area (Å²) in [4.78, 5) is 10.2. The van der Waals surface area contributed by atoms with Crippen LogP contribution in [0.15, 0.2) is 48.5 Å². The third kappa shape index (κ3) is 3.28. The van der Waals surface area contributed by atoms with Gasteiger partial charge in [0.2, 0.25) is 0 Å². The molecule has 0 saturated carbocycles. The number of ether oxygens (including phenoxy) is 1. The Morgan fingerprint density at radius 3 is 2.53 bits per heavy atom. The summed E-state index contributed by atoms with van der Waals surface area (Å²) in [5.74, 6) is 0.177. The number of nitro benzene ring substituents is 1. The minimum absolute atomic E-state index is 0.0204. The van der Waals surface area contributed by atoms with Crippen LogP contribution in [0.1, 0.15) is 18.6 Å². The largest absolute Gasteiger partial charge is 0.486 e. The van der Waals surface area contributed by atoms with Crippen LogP contribution in [0.5, 0.6) is 5.75 Å². The molecule has 0 aliphatic carbocycles. The lowest BCUT2D eigenvalue weighted by atomic mass is 10.1. The molecule has 0 bridgehead atoms. The lowest BCUT2D eigenvalue weighted by Gasteiger charge is -2.14. The van der Waals surface area contributed by atoms with E-state index >= 15 is 0 Å². The van der Waals surface area contributed by atoms with Gasteiger partial charge < -0.3 is 4.74 Å². The first-order chi connectivity index (χ1) is 9.06. The van der Waals surface area contributed by atoms with Gasteiger partial charge >= 0.3 is 0 Å². The molecule has 2 aromatic carbocycles. The molecule has 1 atom stereocenters. The van der Waals surface area contributed by atoms with Crippen LogP contribution in [-0.4, -0.2) is 4.92 Å². The van der Waals surface area contributed by atoms with E-state index in [1.54, 1.807) is 19.1 Å². The Kier molecular flexibility index (Phi) is 3.75. The second-order valence-electron chi connectivity index (χ2n) is 4.07. The zero-order valence-corrected chi connectivity index (χ0v) is 10.2. The first kappa shape index (κ1) is 13.0. The number of halogens is 1. The molecule has 0 aliphatic heterocycles. The van der Waals surface area contributed by atoms with E-state index in [2.05, 4.69) is 0 Å². The molecule has 1 unspecified atom stereocenters. The molecule has 5 heteroatoms. The summed E-state index contributed by atoms with van der Waals surface area (Å²) in [6, 6.07) is 11.9. The third-order valence-corrected chi connectivity index (χ3v) is 2.68. The number of rotatable bonds is 4. The van der Waals surface area contributed by atoms with Crippen molar-refractivity contribution in [3.05, 3.63) is 70.0 Å². The number of nitrogens with zero attached hydrogens (tertiary/aromatic N) is 1. The maximum absolute atomic E-state index is 12.8. The highest BCUT2D eigenvalue weighted by Crippen LogP contribution is 2.24. The van der Waals surface area contributed by atoms with Gasteiger partial charge in [0, 0.05) is 12.1 Å². The van der Waals surface area contributed by atoms with Gasteiger partial charge in [-0.05, 0) is 36.8 Å². The summed E-state index contributed by atoms with van der Waals surface area (Å²) in [6.45, 7) is 1.78. The Hall–Kier alpha value is -2.43. The van der Waals surface area contributed by atoms with E-state index in [1.165, 1.54) is 36.4 Å². The minimum Gasteiger partial charge on any atom is -0.486 e. The maximum Gasteiger partial charge on any atom is 0.269 e. The standard InChI is InChI=1S/C14H12FNO3/c1-10(19-14-7-5-12(15)6-8-14)11-3-2-4-13(9-11)16(17)18/h2-10H,1H3. The normalized spacial score (nSPS) is 11.9. The van der Waals surface area contributed by atoms with Gasteiger partial charge in [-0.1, -0.05) is 12.1 Å². The molecule has 2 aromatic rings. The van der Waals surface area contributed by atoms with Gasteiger partial charge in [-0.3, -0.25) is 10.1 Å². The van der Waals surface area contributed by atoms with E-state index in [0.29, 0.717) is 11.3 Å². The fourth-order valence-corrected chi connectivity index (χ4v) is 1.68. The van der Waals surface area contributed by atoms with Crippen LogP contribution in [0.2, 0.25) is 0 Å². The second kappa shape index (κ2) is 5.48. The summed E-state index contributed by atoms with van der Waals surface area (Å²) in [6.07, 6.45) is -0.356. The Morgan fingerprint density at radius 2 is 1.89 bits per heavy atom. The molecular formula is C14H12FNO3. The van der Waals surface area contributed by atoms with E-state index in [1.807, 2.05) is 0 Å². The average Bonchev–Trinajstić information content (AvgIpc) is 2.41. The van der Waals surface area contributed by atoms with Crippen molar-refractivity contribution in [2.75, 3.05) is 0 Å². The van der Waals surface area contributed by atoms with E-state index in [-0.39, 0.29) is 17.6 Å². The Morgan fingerprint density at radius 1 is 1.21 bits per heavy atom. The lowest BCUT2D eigenvalue weighted by Crippen LogP contribution is -2.03. The van der Waals surface area contributed by atoms with E-state index in [4.69, 9.17) is 4.74 Å². The molecule has 2 rings (SSSR count). The van der Waals surface area contributed by atoms with Gasteiger partial charge in [0.1, 0.15) is 17.7 Å². The highest BCUT2D eigenvalue weighted by Gasteiger charge is 2.12. The van der Waals surface area contributed by atoms with Crippen LogP contribution in [0.25, 0.3) is 0 Å². The molecule has 98 valence electrons. The van der Waals surface area contributed by atoms with Crippen molar-refractivity contribution < 1.29 is 14.1 Å². The topological polar surface area (TPSA) is 52.4 Å². The number of nitro groups is 1. The predicted molar refractivity (Wildman–Crippen MR) is 68.5 cm³/mol. The predicted octanol–water partition coefficient (Wildman–Crippen LogP) is 3.87. The monoisotopic (exact) mass is 261 g/mol. The number of hydrogen-bond acceptors (Lipinski definition) is 3.